The fraction of sp³-hybridized carbons (Fsp3) is 0.214. The third-order valence-corrected chi connectivity index (χ3v) is 3.56. The first-order valence-electron chi connectivity index (χ1n) is 6.07. The molecule has 0 aliphatic carbocycles. The molecule has 0 fully saturated rings. The van der Waals surface area contributed by atoms with Crippen LogP contribution in [0.2, 0.25) is 10.0 Å². The molecule has 1 heterocycles. The van der Waals surface area contributed by atoms with Crippen LogP contribution in [0.25, 0.3) is 11.5 Å². The number of halogens is 2. The average Bonchev–Trinajstić information content (AvgIpc) is 2.91. The molecule has 1 aromatic carbocycles. The second-order valence-electron chi connectivity index (χ2n) is 3.92. The third-order valence-electron chi connectivity index (χ3n) is 2.31. The number of carbonyl (C=O) groups is 1. The van der Waals surface area contributed by atoms with Gasteiger partial charge in [0.15, 0.2) is 6.61 Å². The molecule has 0 aliphatic rings. The summed E-state index contributed by atoms with van der Waals surface area (Å²) in [5.74, 6) is 5.92. The van der Waals surface area contributed by atoms with Gasteiger partial charge in [-0.25, -0.2) is 0 Å². The van der Waals surface area contributed by atoms with E-state index < -0.39 is 0 Å². The Morgan fingerprint density at radius 1 is 1.36 bits per heavy atom. The van der Waals surface area contributed by atoms with Crippen molar-refractivity contribution in [3.8, 4) is 23.3 Å². The number of carbonyl (C=O) groups excluding carboxylic acids is 1. The van der Waals surface area contributed by atoms with Crippen LogP contribution in [0.3, 0.4) is 0 Å². The van der Waals surface area contributed by atoms with Crippen molar-refractivity contribution in [1.29, 1.82) is 0 Å². The molecule has 0 bridgehead atoms. The van der Waals surface area contributed by atoms with Crippen LogP contribution in [0.5, 0.6) is 0 Å². The summed E-state index contributed by atoms with van der Waals surface area (Å²) in [5.41, 5.74) is 0.617. The molecule has 0 aliphatic heterocycles. The average molecular weight is 357 g/mol. The molecule has 0 radical (unpaired) electrons. The summed E-state index contributed by atoms with van der Waals surface area (Å²) in [7, 11) is 0. The Bertz CT molecular complexity index is 737. The maximum absolute atomic E-state index is 10.5. The monoisotopic (exact) mass is 356 g/mol. The second kappa shape index (κ2) is 8.08. The summed E-state index contributed by atoms with van der Waals surface area (Å²) in [6.07, 6.45) is 0. The van der Waals surface area contributed by atoms with Crippen molar-refractivity contribution in [2.45, 2.75) is 12.1 Å². The summed E-state index contributed by atoms with van der Waals surface area (Å²) >= 11 is 13.2. The Labute approximate surface area is 141 Å². The lowest BCUT2D eigenvalue weighted by molar-refractivity contribution is -0.139. The molecule has 22 heavy (non-hydrogen) atoms. The predicted octanol–water partition coefficient (Wildman–Crippen LogP) is 3.70. The molecule has 8 heteroatoms. The van der Waals surface area contributed by atoms with E-state index in [4.69, 9.17) is 27.6 Å². The van der Waals surface area contributed by atoms with Crippen LogP contribution in [0.4, 0.5) is 0 Å². The van der Waals surface area contributed by atoms with Gasteiger partial charge in [-0.1, -0.05) is 46.8 Å². The molecule has 2 aromatic rings. The van der Waals surface area contributed by atoms with Gasteiger partial charge in [-0.2, -0.15) is 0 Å². The van der Waals surface area contributed by atoms with Crippen molar-refractivity contribution in [2.75, 3.05) is 12.4 Å². The number of hydrogen-bond acceptors (Lipinski definition) is 6. The van der Waals surface area contributed by atoms with Crippen molar-refractivity contribution in [3.05, 3.63) is 28.2 Å². The first-order chi connectivity index (χ1) is 10.6. The van der Waals surface area contributed by atoms with Crippen LogP contribution in [0.1, 0.15) is 6.92 Å². The van der Waals surface area contributed by atoms with E-state index in [1.807, 2.05) is 0 Å². The maximum atomic E-state index is 10.5. The van der Waals surface area contributed by atoms with Gasteiger partial charge in [-0.05, 0) is 18.2 Å². The Morgan fingerprint density at radius 2 is 2.18 bits per heavy atom. The Hall–Kier alpha value is -1.68. The number of esters is 1. The standard InChI is InChI=1S/C14H10Cl2N2O3S/c1-9(19)20-6-2-3-7-22-14-18-17-13(21-14)11-5-4-10(15)8-12(11)16/h4-5,8H,6-7H2,1H3. The molecule has 1 aromatic heterocycles. The fourth-order valence-electron chi connectivity index (χ4n) is 1.38. The predicted molar refractivity (Wildman–Crippen MR) is 84.9 cm³/mol. The van der Waals surface area contributed by atoms with E-state index in [0.29, 0.717) is 32.5 Å². The van der Waals surface area contributed by atoms with Gasteiger partial charge in [0.25, 0.3) is 5.22 Å². The summed E-state index contributed by atoms with van der Waals surface area (Å²) < 4.78 is 10.2. The van der Waals surface area contributed by atoms with Gasteiger partial charge in [0, 0.05) is 11.9 Å². The lowest BCUT2D eigenvalue weighted by Crippen LogP contribution is -1.97. The van der Waals surface area contributed by atoms with Gasteiger partial charge >= 0.3 is 5.97 Å². The van der Waals surface area contributed by atoms with Crippen LogP contribution in [0, 0.1) is 11.8 Å². The van der Waals surface area contributed by atoms with E-state index in [1.54, 1.807) is 18.2 Å². The highest BCUT2D eigenvalue weighted by Crippen LogP contribution is 2.30. The molecule has 0 amide bonds. The van der Waals surface area contributed by atoms with Gasteiger partial charge in [-0.15, -0.1) is 10.2 Å². The highest BCUT2D eigenvalue weighted by atomic mass is 35.5. The number of nitrogens with zero attached hydrogens (tertiary/aromatic N) is 2. The molecule has 0 atom stereocenters. The summed E-state index contributed by atoms with van der Waals surface area (Å²) in [6.45, 7) is 1.41. The largest absolute Gasteiger partial charge is 0.453 e. The molecule has 0 saturated heterocycles. The van der Waals surface area contributed by atoms with Gasteiger partial charge in [0.1, 0.15) is 0 Å². The minimum Gasteiger partial charge on any atom is -0.453 e. The minimum absolute atomic E-state index is 0.0748. The SMILES string of the molecule is CC(=O)OCC#CCSc1nnc(-c2ccc(Cl)cc2Cl)o1. The molecular weight excluding hydrogens is 347 g/mol. The van der Waals surface area contributed by atoms with Crippen molar-refractivity contribution in [2.24, 2.45) is 0 Å². The highest BCUT2D eigenvalue weighted by molar-refractivity contribution is 7.99. The summed E-state index contributed by atoms with van der Waals surface area (Å²) in [4.78, 5) is 10.5. The zero-order valence-electron chi connectivity index (χ0n) is 11.4. The topological polar surface area (TPSA) is 65.2 Å². The zero-order chi connectivity index (χ0) is 15.9. The molecule has 5 nitrogen and oxygen atoms in total. The van der Waals surface area contributed by atoms with E-state index >= 15 is 0 Å². The minimum atomic E-state index is -0.358. The van der Waals surface area contributed by atoms with Crippen LogP contribution in [-0.4, -0.2) is 28.5 Å². The Morgan fingerprint density at radius 3 is 2.91 bits per heavy atom. The van der Waals surface area contributed by atoms with E-state index in [2.05, 4.69) is 26.8 Å². The number of thioether (sulfide) groups is 1. The number of benzene rings is 1. The lowest BCUT2D eigenvalue weighted by atomic mass is 10.2. The molecule has 114 valence electrons. The molecule has 0 saturated carbocycles. The van der Waals surface area contributed by atoms with E-state index in [1.165, 1.54) is 18.7 Å². The molecule has 2 rings (SSSR count). The zero-order valence-corrected chi connectivity index (χ0v) is 13.8. The second-order valence-corrected chi connectivity index (χ2v) is 5.69. The number of rotatable bonds is 4. The first-order valence-corrected chi connectivity index (χ1v) is 7.81. The fourth-order valence-corrected chi connectivity index (χ4v) is 2.40. The maximum Gasteiger partial charge on any atom is 0.303 e. The van der Waals surface area contributed by atoms with Gasteiger partial charge in [0.2, 0.25) is 5.89 Å². The molecular formula is C14H10Cl2N2O3S. The van der Waals surface area contributed by atoms with E-state index in [9.17, 15) is 4.79 Å². The number of hydrogen-bond donors (Lipinski definition) is 0. The van der Waals surface area contributed by atoms with Crippen molar-refractivity contribution < 1.29 is 13.9 Å². The molecule has 0 spiro atoms. The molecule has 0 unspecified atom stereocenters. The normalized spacial score (nSPS) is 9.95. The van der Waals surface area contributed by atoms with Crippen LogP contribution in [-0.2, 0) is 9.53 Å². The third kappa shape index (κ3) is 4.95. The quantitative estimate of drug-likeness (QED) is 0.472. The number of ether oxygens (including phenoxy) is 1. The first kappa shape index (κ1) is 16.7. The van der Waals surface area contributed by atoms with Gasteiger partial charge in [-0.3, -0.25) is 4.79 Å². The van der Waals surface area contributed by atoms with Gasteiger partial charge in [0.05, 0.1) is 16.3 Å². The summed E-state index contributed by atoms with van der Waals surface area (Å²) in [5, 5.41) is 9.19. The van der Waals surface area contributed by atoms with Crippen molar-refractivity contribution in [1.82, 2.24) is 10.2 Å². The Kier molecular flexibility index (Phi) is 6.13. The van der Waals surface area contributed by atoms with Crippen molar-refractivity contribution >= 4 is 40.9 Å². The summed E-state index contributed by atoms with van der Waals surface area (Å²) in [6, 6.07) is 5.02. The highest BCUT2D eigenvalue weighted by Gasteiger charge is 2.12. The molecule has 0 N–H and O–H groups in total. The van der Waals surface area contributed by atoms with Crippen LogP contribution in [0.15, 0.2) is 27.8 Å². The van der Waals surface area contributed by atoms with Crippen molar-refractivity contribution in [3.63, 3.8) is 0 Å². The number of aromatic nitrogens is 2. The van der Waals surface area contributed by atoms with E-state index in [-0.39, 0.29) is 12.6 Å². The van der Waals surface area contributed by atoms with Crippen LogP contribution >= 0.6 is 35.0 Å². The van der Waals surface area contributed by atoms with Crippen LogP contribution < -0.4 is 0 Å². The Balaban J connectivity index is 1.93. The van der Waals surface area contributed by atoms with E-state index in [0.717, 1.165) is 0 Å². The van der Waals surface area contributed by atoms with Gasteiger partial charge < -0.3 is 9.15 Å². The lowest BCUT2D eigenvalue weighted by Gasteiger charge is -1.98. The smallest absolute Gasteiger partial charge is 0.303 e.